The Labute approximate surface area is 156 Å². The highest BCUT2D eigenvalue weighted by Crippen LogP contribution is 2.11. The lowest BCUT2D eigenvalue weighted by Crippen LogP contribution is -2.50. The van der Waals surface area contributed by atoms with Gasteiger partial charge >= 0.3 is 6.09 Å². The van der Waals surface area contributed by atoms with Crippen molar-refractivity contribution in [3.8, 4) is 0 Å². The molecule has 0 bridgehead atoms. The number of nitrogens with one attached hydrogen (secondary N) is 3. The van der Waals surface area contributed by atoms with Gasteiger partial charge in [0.05, 0.1) is 0 Å². The van der Waals surface area contributed by atoms with Crippen molar-refractivity contribution >= 4 is 12.0 Å². The summed E-state index contributed by atoms with van der Waals surface area (Å²) in [5.41, 5.74) is 0.387. The predicted molar refractivity (Wildman–Crippen MR) is 102 cm³/mol. The number of piperidine rings is 1. The van der Waals surface area contributed by atoms with Crippen LogP contribution in [0.15, 0.2) is 30.3 Å². The molecule has 1 atom stereocenters. The number of hydrogen-bond donors (Lipinski definition) is 3. The van der Waals surface area contributed by atoms with Crippen LogP contribution in [-0.2, 0) is 16.0 Å². The first-order chi connectivity index (χ1) is 12.3. The fourth-order valence-electron chi connectivity index (χ4n) is 2.96. The van der Waals surface area contributed by atoms with Crippen molar-refractivity contribution in [1.29, 1.82) is 0 Å². The third-order valence-electron chi connectivity index (χ3n) is 4.31. The van der Waals surface area contributed by atoms with Crippen molar-refractivity contribution in [2.24, 2.45) is 5.92 Å². The van der Waals surface area contributed by atoms with E-state index in [9.17, 15) is 9.59 Å². The van der Waals surface area contributed by atoms with E-state index in [4.69, 9.17) is 4.74 Å². The van der Waals surface area contributed by atoms with Crippen molar-refractivity contribution in [2.45, 2.75) is 51.7 Å². The van der Waals surface area contributed by atoms with Gasteiger partial charge in [-0.2, -0.15) is 0 Å². The van der Waals surface area contributed by atoms with Gasteiger partial charge in [-0.25, -0.2) is 4.79 Å². The van der Waals surface area contributed by atoms with Crippen LogP contribution >= 0.6 is 0 Å². The fourth-order valence-corrected chi connectivity index (χ4v) is 2.96. The molecule has 0 spiro atoms. The molecule has 6 nitrogen and oxygen atoms in total. The molecular formula is C20H31N3O3. The first-order valence-electron chi connectivity index (χ1n) is 9.35. The second-order valence-electron chi connectivity index (χ2n) is 7.83. The first kappa shape index (κ1) is 20.2. The van der Waals surface area contributed by atoms with Crippen molar-refractivity contribution in [2.75, 3.05) is 19.6 Å². The predicted octanol–water partition coefficient (Wildman–Crippen LogP) is 2.24. The van der Waals surface area contributed by atoms with Gasteiger partial charge in [-0.1, -0.05) is 30.3 Å². The molecule has 1 aliphatic rings. The molecule has 0 aliphatic carbocycles. The first-order valence-corrected chi connectivity index (χ1v) is 9.35. The molecule has 6 heteroatoms. The number of hydrogen-bond acceptors (Lipinski definition) is 4. The molecular weight excluding hydrogens is 330 g/mol. The molecule has 1 aliphatic heterocycles. The Bertz CT molecular complexity index is 578. The summed E-state index contributed by atoms with van der Waals surface area (Å²) in [6.07, 6.45) is 1.97. The van der Waals surface area contributed by atoms with Crippen LogP contribution in [0.4, 0.5) is 4.79 Å². The van der Waals surface area contributed by atoms with Gasteiger partial charge in [0, 0.05) is 13.0 Å². The van der Waals surface area contributed by atoms with Gasteiger partial charge in [0.2, 0.25) is 5.91 Å². The van der Waals surface area contributed by atoms with E-state index in [0.29, 0.717) is 18.9 Å². The van der Waals surface area contributed by atoms with Crippen molar-refractivity contribution in [1.82, 2.24) is 16.0 Å². The van der Waals surface area contributed by atoms with Gasteiger partial charge in [-0.3, -0.25) is 4.79 Å². The molecule has 1 saturated heterocycles. The van der Waals surface area contributed by atoms with Crippen LogP contribution in [0.1, 0.15) is 39.2 Å². The van der Waals surface area contributed by atoms with E-state index in [-0.39, 0.29) is 5.91 Å². The summed E-state index contributed by atoms with van der Waals surface area (Å²) >= 11 is 0. The Balaban J connectivity index is 1.96. The van der Waals surface area contributed by atoms with E-state index in [1.807, 2.05) is 30.3 Å². The fraction of sp³-hybridized carbons (Fsp3) is 0.600. The summed E-state index contributed by atoms with van der Waals surface area (Å²) in [6.45, 7) is 8.03. The van der Waals surface area contributed by atoms with Gasteiger partial charge in [0.15, 0.2) is 0 Å². The quantitative estimate of drug-likeness (QED) is 0.726. The lowest BCUT2D eigenvalue weighted by atomic mass is 9.98. The summed E-state index contributed by atoms with van der Waals surface area (Å²) in [6, 6.07) is 9.01. The zero-order valence-corrected chi connectivity index (χ0v) is 16.0. The Morgan fingerprint density at radius 2 is 1.85 bits per heavy atom. The monoisotopic (exact) mass is 361 g/mol. The minimum Gasteiger partial charge on any atom is -0.444 e. The molecule has 2 rings (SSSR count). The maximum atomic E-state index is 12.7. The molecule has 0 saturated carbocycles. The summed E-state index contributed by atoms with van der Waals surface area (Å²) in [5.74, 6) is 0.317. The highest BCUT2D eigenvalue weighted by atomic mass is 16.6. The largest absolute Gasteiger partial charge is 0.444 e. The van der Waals surface area contributed by atoms with E-state index < -0.39 is 17.7 Å². The van der Waals surface area contributed by atoms with E-state index in [1.54, 1.807) is 20.8 Å². The highest BCUT2D eigenvalue weighted by molar-refractivity contribution is 5.86. The van der Waals surface area contributed by atoms with Gasteiger partial charge in [0.1, 0.15) is 11.6 Å². The third kappa shape index (κ3) is 7.44. The molecule has 3 N–H and O–H groups in total. The molecule has 1 heterocycles. The molecule has 0 aromatic heterocycles. The SMILES string of the molecule is CC(C)(C)OC(=O)NC(Cc1ccccc1)C(=O)NCC1CCNCC1. The second-order valence-corrected chi connectivity index (χ2v) is 7.83. The third-order valence-corrected chi connectivity index (χ3v) is 4.31. The van der Waals surface area contributed by atoms with Crippen molar-refractivity contribution in [3.63, 3.8) is 0 Å². The van der Waals surface area contributed by atoms with Crippen molar-refractivity contribution in [3.05, 3.63) is 35.9 Å². The maximum Gasteiger partial charge on any atom is 0.408 e. The Morgan fingerprint density at radius 3 is 2.46 bits per heavy atom. The number of ether oxygens (including phenoxy) is 1. The second kappa shape index (κ2) is 9.57. The lowest BCUT2D eigenvalue weighted by Gasteiger charge is -2.26. The Morgan fingerprint density at radius 1 is 1.19 bits per heavy atom. The van der Waals surface area contributed by atoms with Gasteiger partial charge in [-0.15, -0.1) is 0 Å². The van der Waals surface area contributed by atoms with E-state index in [1.165, 1.54) is 0 Å². The van der Waals surface area contributed by atoms with Gasteiger partial charge in [-0.05, 0) is 58.2 Å². The Hall–Kier alpha value is -2.08. The topological polar surface area (TPSA) is 79.5 Å². The summed E-state index contributed by atoms with van der Waals surface area (Å²) in [4.78, 5) is 24.8. The summed E-state index contributed by atoms with van der Waals surface area (Å²) < 4.78 is 5.31. The number of benzene rings is 1. The summed E-state index contributed by atoms with van der Waals surface area (Å²) in [5, 5.41) is 9.05. The molecule has 1 unspecified atom stereocenters. The number of alkyl carbamates (subject to hydrolysis) is 1. The molecule has 0 radical (unpaired) electrons. The van der Waals surface area contributed by atoms with Crippen molar-refractivity contribution < 1.29 is 14.3 Å². The molecule has 144 valence electrons. The van der Waals surface area contributed by atoms with Gasteiger partial charge in [0.25, 0.3) is 0 Å². The van der Waals surface area contributed by atoms with E-state index >= 15 is 0 Å². The van der Waals surface area contributed by atoms with Gasteiger partial charge < -0.3 is 20.7 Å². The minimum absolute atomic E-state index is 0.168. The van der Waals surface area contributed by atoms with E-state index in [2.05, 4.69) is 16.0 Å². The summed E-state index contributed by atoms with van der Waals surface area (Å²) in [7, 11) is 0. The van der Waals surface area contributed by atoms with Crippen LogP contribution in [0.2, 0.25) is 0 Å². The van der Waals surface area contributed by atoms with Crippen LogP contribution in [0.3, 0.4) is 0 Å². The number of carbonyl (C=O) groups excluding carboxylic acids is 2. The minimum atomic E-state index is -0.658. The average molecular weight is 361 g/mol. The number of amides is 2. The zero-order chi connectivity index (χ0) is 19.0. The standard InChI is InChI=1S/C20H31N3O3/c1-20(2,3)26-19(25)23-17(13-15-7-5-4-6-8-15)18(24)22-14-16-9-11-21-12-10-16/h4-8,16-17,21H,9-14H2,1-3H3,(H,22,24)(H,23,25). The molecule has 26 heavy (non-hydrogen) atoms. The smallest absolute Gasteiger partial charge is 0.408 e. The normalized spacial score (nSPS) is 16.6. The van der Waals surface area contributed by atoms with E-state index in [0.717, 1.165) is 31.5 Å². The number of carbonyl (C=O) groups is 2. The maximum absolute atomic E-state index is 12.7. The van der Waals surface area contributed by atoms with Crippen LogP contribution < -0.4 is 16.0 Å². The van der Waals surface area contributed by atoms with Crippen LogP contribution in [0, 0.1) is 5.92 Å². The average Bonchev–Trinajstić information content (AvgIpc) is 2.59. The Kier molecular flexibility index (Phi) is 7.45. The lowest BCUT2D eigenvalue weighted by molar-refractivity contribution is -0.123. The van der Waals surface area contributed by atoms with Crippen LogP contribution in [0.5, 0.6) is 0 Å². The molecule has 2 amide bonds. The zero-order valence-electron chi connectivity index (χ0n) is 16.0. The molecule has 1 aromatic rings. The number of rotatable bonds is 6. The molecule has 1 fully saturated rings. The highest BCUT2D eigenvalue weighted by Gasteiger charge is 2.25. The molecule has 1 aromatic carbocycles. The van der Waals surface area contributed by atoms with Crippen LogP contribution in [0.25, 0.3) is 0 Å². The van der Waals surface area contributed by atoms with Crippen LogP contribution in [-0.4, -0.2) is 43.3 Å².